The first-order valence-corrected chi connectivity index (χ1v) is 11.3. The summed E-state index contributed by atoms with van der Waals surface area (Å²) in [5.41, 5.74) is 3.73. The highest BCUT2D eigenvalue weighted by molar-refractivity contribution is 5.94. The Morgan fingerprint density at radius 2 is 1.57 bits per heavy atom. The molecule has 3 aromatic carbocycles. The summed E-state index contributed by atoms with van der Waals surface area (Å²) in [6.07, 6.45) is 1.48. The summed E-state index contributed by atoms with van der Waals surface area (Å²) in [5, 5.41) is 11.7. The molecule has 0 saturated carbocycles. The average molecular weight is 477 g/mol. The normalized spacial score (nSPS) is 14.7. The van der Waals surface area contributed by atoms with Crippen molar-refractivity contribution in [1.29, 1.82) is 0 Å². The van der Waals surface area contributed by atoms with Crippen molar-refractivity contribution in [2.24, 2.45) is 0 Å². The monoisotopic (exact) mass is 476 g/mol. The Labute approximate surface area is 204 Å². The van der Waals surface area contributed by atoms with Gasteiger partial charge in [0.25, 0.3) is 5.69 Å². The number of hydrogen-bond donors (Lipinski definition) is 0. The van der Waals surface area contributed by atoms with Gasteiger partial charge in [-0.2, -0.15) is 0 Å². The van der Waals surface area contributed by atoms with E-state index in [1.54, 1.807) is 20.3 Å². The number of anilines is 1. The molecule has 0 radical (unpaired) electrons. The number of benzene rings is 3. The van der Waals surface area contributed by atoms with E-state index < -0.39 is 10.9 Å². The van der Waals surface area contributed by atoms with E-state index in [4.69, 9.17) is 14.2 Å². The summed E-state index contributed by atoms with van der Waals surface area (Å²) in [4.78, 5) is 26.1. The number of nitrogens with zero attached hydrogens (tertiary/aromatic N) is 2. The van der Waals surface area contributed by atoms with Crippen LogP contribution in [-0.2, 0) is 17.7 Å². The molecule has 4 rings (SSSR count). The van der Waals surface area contributed by atoms with E-state index in [1.165, 1.54) is 13.2 Å². The van der Waals surface area contributed by atoms with Crippen LogP contribution < -0.4 is 14.4 Å². The van der Waals surface area contributed by atoms with Gasteiger partial charge in [0, 0.05) is 30.9 Å². The number of rotatable bonds is 8. The number of fused-ring (bicyclic) bond motifs is 1. The van der Waals surface area contributed by atoms with Gasteiger partial charge in [-0.05, 0) is 59.7 Å². The molecule has 1 heterocycles. The van der Waals surface area contributed by atoms with Crippen molar-refractivity contribution >= 4 is 17.3 Å². The fourth-order valence-corrected chi connectivity index (χ4v) is 4.64. The maximum atomic E-state index is 12.8. The molecule has 8 nitrogen and oxygen atoms in total. The Balaban J connectivity index is 1.76. The molecule has 182 valence electrons. The molecule has 0 aromatic heterocycles. The molecule has 0 N–H and O–H groups in total. The number of esters is 1. The number of nitro benzene ring substituents is 1. The van der Waals surface area contributed by atoms with E-state index in [0.717, 1.165) is 34.6 Å². The second-order valence-corrected chi connectivity index (χ2v) is 8.48. The first kappa shape index (κ1) is 24.1. The van der Waals surface area contributed by atoms with Gasteiger partial charge in [-0.1, -0.05) is 24.3 Å². The number of hydrogen-bond acceptors (Lipinski definition) is 7. The van der Waals surface area contributed by atoms with Crippen molar-refractivity contribution in [3.05, 3.63) is 93.0 Å². The zero-order valence-corrected chi connectivity index (χ0v) is 20.0. The third-order valence-electron chi connectivity index (χ3n) is 6.43. The van der Waals surface area contributed by atoms with Crippen LogP contribution in [0.25, 0.3) is 0 Å². The molecule has 0 amide bonds. The molecule has 3 aromatic rings. The largest absolute Gasteiger partial charge is 0.497 e. The van der Waals surface area contributed by atoms with Gasteiger partial charge >= 0.3 is 5.97 Å². The molecule has 0 bridgehead atoms. The van der Waals surface area contributed by atoms with Crippen molar-refractivity contribution < 1.29 is 23.9 Å². The molecule has 0 fully saturated rings. The fourth-order valence-electron chi connectivity index (χ4n) is 4.64. The summed E-state index contributed by atoms with van der Waals surface area (Å²) in [5.74, 6) is 0.960. The highest BCUT2D eigenvalue weighted by atomic mass is 16.6. The van der Waals surface area contributed by atoms with Gasteiger partial charge in [0.1, 0.15) is 11.5 Å². The highest BCUT2D eigenvalue weighted by Crippen LogP contribution is 2.43. The number of carbonyl (C=O) groups is 1. The van der Waals surface area contributed by atoms with Gasteiger partial charge in [0.05, 0.1) is 31.8 Å². The van der Waals surface area contributed by atoms with Crippen LogP contribution in [0.4, 0.5) is 11.4 Å². The molecule has 35 heavy (non-hydrogen) atoms. The zero-order chi connectivity index (χ0) is 24.9. The maximum Gasteiger partial charge on any atom is 0.338 e. The number of carbonyl (C=O) groups excluding carboxylic acids is 1. The van der Waals surface area contributed by atoms with Crippen LogP contribution in [-0.4, -0.2) is 38.8 Å². The lowest BCUT2D eigenvalue weighted by Crippen LogP contribution is -2.33. The van der Waals surface area contributed by atoms with Crippen LogP contribution in [0.3, 0.4) is 0 Å². The molecule has 1 atom stereocenters. The van der Waals surface area contributed by atoms with E-state index in [0.29, 0.717) is 25.2 Å². The topological polar surface area (TPSA) is 91.1 Å². The van der Waals surface area contributed by atoms with Crippen LogP contribution >= 0.6 is 0 Å². The van der Waals surface area contributed by atoms with Gasteiger partial charge in [0.2, 0.25) is 0 Å². The van der Waals surface area contributed by atoms with Crippen molar-refractivity contribution in [3.63, 3.8) is 0 Å². The minimum Gasteiger partial charge on any atom is -0.497 e. The minimum absolute atomic E-state index is 0.000386. The lowest BCUT2D eigenvalue weighted by molar-refractivity contribution is -0.384. The Hall–Kier alpha value is -4.07. The standard InChI is InChI=1S/C27H28N2O6/c1-33-22-8-4-18(5-9-22)14-20-12-13-28(17-19-6-10-23(34-2)11-7-19)25-16-21(29(31)32)15-24(26(20)25)27(30)35-3/h4-11,15-16,20H,12-14,17H2,1-3H3. The van der Waals surface area contributed by atoms with E-state index in [2.05, 4.69) is 4.90 Å². The summed E-state index contributed by atoms with van der Waals surface area (Å²) in [6, 6.07) is 18.5. The second-order valence-electron chi connectivity index (χ2n) is 8.48. The first-order chi connectivity index (χ1) is 16.9. The highest BCUT2D eigenvalue weighted by Gasteiger charge is 2.33. The van der Waals surface area contributed by atoms with E-state index in [9.17, 15) is 14.9 Å². The predicted octanol–water partition coefficient (Wildman–Crippen LogP) is 5.14. The summed E-state index contributed by atoms with van der Waals surface area (Å²) in [6.45, 7) is 1.25. The van der Waals surface area contributed by atoms with Crippen LogP contribution in [0.15, 0.2) is 60.7 Å². The summed E-state index contributed by atoms with van der Waals surface area (Å²) >= 11 is 0. The molecular weight excluding hydrogens is 448 g/mol. The lowest BCUT2D eigenvalue weighted by Gasteiger charge is -2.37. The van der Waals surface area contributed by atoms with E-state index >= 15 is 0 Å². The molecule has 1 aliphatic rings. The molecular formula is C27H28N2O6. The maximum absolute atomic E-state index is 12.8. The van der Waals surface area contributed by atoms with Gasteiger partial charge in [-0.25, -0.2) is 4.79 Å². The smallest absolute Gasteiger partial charge is 0.338 e. The summed E-state index contributed by atoms with van der Waals surface area (Å²) < 4.78 is 15.5. The Morgan fingerprint density at radius 1 is 0.971 bits per heavy atom. The third kappa shape index (κ3) is 5.21. The predicted molar refractivity (Wildman–Crippen MR) is 133 cm³/mol. The second kappa shape index (κ2) is 10.5. The molecule has 8 heteroatoms. The fraction of sp³-hybridized carbons (Fsp3) is 0.296. The summed E-state index contributed by atoms with van der Waals surface area (Å²) in [7, 11) is 4.54. The van der Waals surface area contributed by atoms with Crippen LogP contribution in [0.2, 0.25) is 0 Å². The van der Waals surface area contributed by atoms with Crippen LogP contribution in [0.5, 0.6) is 11.5 Å². The Morgan fingerprint density at radius 3 is 2.11 bits per heavy atom. The van der Waals surface area contributed by atoms with Crippen LogP contribution in [0.1, 0.15) is 39.4 Å². The third-order valence-corrected chi connectivity index (χ3v) is 6.43. The van der Waals surface area contributed by atoms with Crippen molar-refractivity contribution in [2.45, 2.75) is 25.3 Å². The first-order valence-electron chi connectivity index (χ1n) is 11.3. The van der Waals surface area contributed by atoms with Crippen molar-refractivity contribution in [3.8, 4) is 11.5 Å². The number of nitro groups is 1. The quantitative estimate of drug-likeness (QED) is 0.253. The molecule has 0 spiro atoms. The van der Waals surface area contributed by atoms with Gasteiger partial charge in [-0.15, -0.1) is 0 Å². The Bertz CT molecular complexity index is 1210. The van der Waals surface area contributed by atoms with E-state index in [-0.39, 0.29) is 17.2 Å². The lowest BCUT2D eigenvalue weighted by atomic mass is 9.82. The van der Waals surface area contributed by atoms with Crippen LogP contribution in [0, 0.1) is 10.1 Å². The molecule has 0 saturated heterocycles. The zero-order valence-electron chi connectivity index (χ0n) is 20.0. The van der Waals surface area contributed by atoms with Gasteiger partial charge in [-0.3, -0.25) is 10.1 Å². The average Bonchev–Trinajstić information content (AvgIpc) is 2.89. The molecule has 0 aliphatic carbocycles. The molecule has 1 aliphatic heterocycles. The van der Waals surface area contributed by atoms with E-state index in [1.807, 2.05) is 48.5 Å². The van der Waals surface area contributed by atoms with Gasteiger partial charge in [0.15, 0.2) is 0 Å². The number of non-ortho nitro benzene ring substituents is 1. The molecule has 1 unspecified atom stereocenters. The Kier molecular flexibility index (Phi) is 7.19. The SMILES string of the molecule is COC(=O)c1cc([N+](=O)[O-])cc2c1C(Cc1ccc(OC)cc1)CCN2Cc1ccc(OC)cc1. The minimum atomic E-state index is -0.573. The van der Waals surface area contributed by atoms with Crippen molar-refractivity contribution in [1.82, 2.24) is 0 Å². The van der Waals surface area contributed by atoms with Crippen molar-refractivity contribution in [2.75, 3.05) is 32.8 Å². The van der Waals surface area contributed by atoms with Gasteiger partial charge < -0.3 is 19.1 Å². The number of methoxy groups -OCH3 is 3. The number of ether oxygens (including phenoxy) is 3.